The smallest absolute Gasteiger partial charge is 0.408 e. The molecule has 0 radical (unpaired) electrons. The first kappa shape index (κ1) is 30.4. The zero-order valence-electron chi connectivity index (χ0n) is 23.4. The number of hydrogen-bond donors (Lipinski definition) is 2. The van der Waals surface area contributed by atoms with Crippen molar-refractivity contribution in [3.63, 3.8) is 0 Å². The minimum atomic E-state index is -0.978. The lowest BCUT2D eigenvalue weighted by atomic mass is 9.96. The molecule has 0 heterocycles. The minimum Gasteiger partial charge on any atom is -0.444 e. The Bertz CT molecular complexity index is 1120. The number of ether oxygens (including phenoxy) is 1. The Kier molecular flexibility index (Phi) is 11.4. The van der Waals surface area contributed by atoms with Gasteiger partial charge in [0.1, 0.15) is 17.7 Å². The number of carbonyl (C=O) groups excluding carboxylic acids is 3. The number of terminal acetylenes is 1. The monoisotopic (exact) mass is 519 g/mol. The Hall–Kier alpha value is -3.79. The highest BCUT2D eigenvalue weighted by Gasteiger charge is 2.37. The largest absolute Gasteiger partial charge is 0.444 e. The van der Waals surface area contributed by atoms with Crippen LogP contribution in [0.25, 0.3) is 0 Å². The van der Waals surface area contributed by atoms with Crippen LogP contribution in [0.2, 0.25) is 0 Å². The summed E-state index contributed by atoms with van der Waals surface area (Å²) in [6, 6.07) is 14.8. The molecule has 0 aliphatic heterocycles. The quantitative estimate of drug-likeness (QED) is 0.399. The summed E-state index contributed by atoms with van der Waals surface area (Å²) in [4.78, 5) is 42.0. The van der Waals surface area contributed by atoms with E-state index in [1.807, 2.05) is 51.1 Å². The van der Waals surface area contributed by atoms with Crippen LogP contribution in [0.3, 0.4) is 0 Å². The van der Waals surface area contributed by atoms with Crippen LogP contribution < -0.4 is 10.6 Å². The third kappa shape index (κ3) is 9.26. The highest BCUT2D eigenvalue weighted by Crippen LogP contribution is 2.27. The number of rotatable bonds is 11. The molecule has 2 unspecified atom stereocenters. The van der Waals surface area contributed by atoms with E-state index < -0.39 is 23.8 Å². The summed E-state index contributed by atoms with van der Waals surface area (Å²) in [5, 5.41) is 5.73. The topological polar surface area (TPSA) is 87.7 Å². The van der Waals surface area contributed by atoms with Crippen LogP contribution in [0, 0.1) is 18.3 Å². The first-order chi connectivity index (χ1) is 18.0. The Morgan fingerprint density at radius 2 is 1.66 bits per heavy atom. The maximum atomic E-state index is 14.1. The van der Waals surface area contributed by atoms with E-state index in [2.05, 4.69) is 16.6 Å². The van der Waals surface area contributed by atoms with Crippen molar-refractivity contribution in [3.8, 4) is 12.3 Å². The third-order valence-corrected chi connectivity index (χ3v) is 5.72. The van der Waals surface area contributed by atoms with Gasteiger partial charge in [0.2, 0.25) is 11.8 Å². The number of nitrogens with zero attached hydrogens (tertiary/aromatic N) is 1. The van der Waals surface area contributed by atoms with Gasteiger partial charge in [0.25, 0.3) is 0 Å². The molecule has 0 saturated heterocycles. The lowest BCUT2D eigenvalue weighted by Crippen LogP contribution is -2.53. The first-order valence-electron chi connectivity index (χ1n) is 13.1. The van der Waals surface area contributed by atoms with E-state index in [1.54, 1.807) is 45.0 Å². The van der Waals surface area contributed by atoms with Crippen molar-refractivity contribution < 1.29 is 19.1 Å². The van der Waals surface area contributed by atoms with Gasteiger partial charge >= 0.3 is 6.09 Å². The fraction of sp³-hybridized carbons (Fsp3) is 0.452. The molecule has 0 aliphatic rings. The predicted octanol–water partition coefficient (Wildman–Crippen LogP) is 5.20. The van der Waals surface area contributed by atoms with Crippen molar-refractivity contribution in [1.29, 1.82) is 0 Å². The average Bonchev–Trinajstić information content (AvgIpc) is 2.86. The van der Waals surface area contributed by atoms with E-state index in [9.17, 15) is 14.4 Å². The molecule has 7 heteroatoms. The van der Waals surface area contributed by atoms with Crippen molar-refractivity contribution in [1.82, 2.24) is 15.5 Å². The molecular weight excluding hydrogens is 478 g/mol. The lowest BCUT2D eigenvalue weighted by molar-refractivity contribution is -0.143. The summed E-state index contributed by atoms with van der Waals surface area (Å²) in [6.07, 6.45) is 6.10. The predicted molar refractivity (Wildman–Crippen MR) is 150 cm³/mol. The zero-order chi connectivity index (χ0) is 28.3. The molecule has 2 aromatic carbocycles. The fourth-order valence-corrected chi connectivity index (χ4v) is 4.15. The van der Waals surface area contributed by atoms with Crippen LogP contribution in [-0.4, -0.2) is 41.0 Å². The number of alkyl carbamates (subject to hydrolysis) is 1. The Labute approximate surface area is 227 Å². The second-order valence-corrected chi connectivity index (χ2v) is 10.7. The number of hydrogen-bond acceptors (Lipinski definition) is 4. The Balaban J connectivity index is 2.48. The normalized spacial score (nSPS) is 12.7. The molecule has 0 fully saturated rings. The Morgan fingerprint density at radius 3 is 2.24 bits per heavy atom. The van der Waals surface area contributed by atoms with Gasteiger partial charge in [0, 0.05) is 18.7 Å². The van der Waals surface area contributed by atoms with E-state index in [4.69, 9.17) is 11.2 Å². The van der Waals surface area contributed by atoms with Gasteiger partial charge < -0.3 is 20.3 Å². The highest BCUT2D eigenvalue weighted by molar-refractivity contribution is 5.92. The summed E-state index contributed by atoms with van der Waals surface area (Å²) in [6.45, 7) is 11.8. The minimum absolute atomic E-state index is 0.103. The SMILES string of the molecule is C#Cc1ccccc1C(C(=O)NCc1ccccc1)N(CCC)C(=O)C(CC(C)C)NC(=O)OC(C)(C)C. The van der Waals surface area contributed by atoms with Gasteiger partial charge in [-0.2, -0.15) is 0 Å². The first-order valence-corrected chi connectivity index (χ1v) is 13.1. The molecular formula is C31H41N3O4. The van der Waals surface area contributed by atoms with Crippen molar-refractivity contribution in [2.45, 2.75) is 78.6 Å². The van der Waals surface area contributed by atoms with Crippen LogP contribution in [0.5, 0.6) is 0 Å². The molecule has 0 aliphatic carbocycles. The molecule has 0 aromatic heterocycles. The fourth-order valence-electron chi connectivity index (χ4n) is 4.15. The molecule has 2 rings (SSSR count). The third-order valence-electron chi connectivity index (χ3n) is 5.72. The molecule has 3 amide bonds. The summed E-state index contributed by atoms with van der Waals surface area (Å²) in [5.41, 5.74) is 1.30. The molecule has 7 nitrogen and oxygen atoms in total. The van der Waals surface area contributed by atoms with Crippen LogP contribution in [0.1, 0.15) is 77.1 Å². The zero-order valence-corrected chi connectivity index (χ0v) is 23.4. The number of benzene rings is 2. The molecule has 0 bridgehead atoms. The number of amides is 3. The maximum Gasteiger partial charge on any atom is 0.408 e. The van der Waals surface area contributed by atoms with Gasteiger partial charge in [-0.1, -0.05) is 75.2 Å². The maximum absolute atomic E-state index is 14.1. The van der Waals surface area contributed by atoms with Crippen molar-refractivity contribution in [2.75, 3.05) is 6.54 Å². The summed E-state index contributed by atoms with van der Waals surface area (Å²) >= 11 is 0. The van der Waals surface area contributed by atoms with E-state index in [0.29, 0.717) is 37.1 Å². The lowest BCUT2D eigenvalue weighted by Gasteiger charge is -2.35. The van der Waals surface area contributed by atoms with E-state index in [-0.39, 0.29) is 17.7 Å². The van der Waals surface area contributed by atoms with Gasteiger partial charge in [0.05, 0.1) is 0 Å². The van der Waals surface area contributed by atoms with Crippen LogP contribution in [0.15, 0.2) is 54.6 Å². The van der Waals surface area contributed by atoms with E-state index in [1.165, 1.54) is 4.90 Å². The van der Waals surface area contributed by atoms with Gasteiger partial charge in [-0.3, -0.25) is 9.59 Å². The molecule has 2 aromatic rings. The second kappa shape index (κ2) is 14.2. The molecule has 0 saturated carbocycles. The molecule has 0 spiro atoms. The standard InChI is InChI=1S/C31H41N3O4/c1-8-19-34(29(36)26(20-22(3)4)33-30(37)38-31(5,6)7)27(25-18-14-13-17-24(25)9-2)28(35)32-21-23-15-11-10-12-16-23/h2,10-18,22,26-27H,8,19-21H2,1,3-7H3,(H,32,35)(H,33,37). The summed E-state index contributed by atoms with van der Waals surface area (Å²) < 4.78 is 5.43. The van der Waals surface area contributed by atoms with Crippen molar-refractivity contribution in [3.05, 3.63) is 71.3 Å². The summed E-state index contributed by atoms with van der Waals surface area (Å²) in [5.74, 6) is 2.04. The highest BCUT2D eigenvalue weighted by atomic mass is 16.6. The van der Waals surface area contributed by atoms with Crippen molar-refractivity contribution >= 4 is 17.9 Å². The molecule has 38 heavy (non-hydrogen) atoms. The van der Waals surface area contributed by atoms with Gasteiger partial charge in [-0.05, 0) is 56.7 Å². The average molecular weight is 520 g/mol. The van der Waals surface area contributed by atoms with Crippen LogP contribution in [0.4, 0.5) is 4.79 Å². The van der Waals surface area contributed by atoms with Crippen LogP contribution >= 0.6 is 0 Å². The van der Waals surface area contributed by atoms with Gasteiger partial charge in [-0.15, -0.1) is 6.42 Å². The van der Waals surface area contributed by atoms with Crippen LogP contribution in [-0.2, 0) is 20.9 Å². The summed E-state index contributed by atoms with van der Waals surface area (Å²) in [7, 11) is 0. The number of carbonyl (C=O) groups is 3. The molecule has 2 atom stereocenters. The second-order valence-electron chi connectivity index (χ2n) is 10.7. The van der Waals surface area contributed by atoms with E-state index in [0.717, 1.165) is 5.56 Å². The van der Waals surface area contributed by atoms with E-state index >= 15 is 0 Å². The Morgan fingerprint density at radius 1 is 1.03 bits per heavy atom. The number of nitrogens with one attached hydrogen (secondary N) is 2. The molecule has 2 N–H and O–H groups in total. The van der Waals surface area contributed by atoms with Gasteiger partial charge in [0.15, 0.2) is 0 Å². The molecule has 204 valence electrons. The van der Waals surface area contributed by atoms with Crippen molar-refractivity contribution in [2.24, 2.45) is 5.92 Å². The van der Waals surface area contributed by atoms with Gasteiger partial charge in [-0.25, -0.2) is 4.79 Å².